The Morgan fingerprint density at radius 2 is 2.17 bits per heavy atom. The lowest BCUT2D eigenvalue weighted by atomic mass is 10.0. The van der Waals surface area contributed by atoms with Crippen molar-refractivity contribution < 1.29 is 0 Å². The molecule has 1 atom stereocenters. The Balaban J connectivity index is 2.47. The first kappa shape index (κ1) is 12.8. The second-order valence-electron chi connectivity index (χ2n) is 4.76. The average molecular weight is 243 g/mol. The quantitative estimate of drug-likeness (QED) is 0.817. The van der Waals surface area contributed by atoms with Crippen molar-refractivity contribution >= 4 is 10.9 Å². The molecule has 2 aromatic rings. The summed E-state index contributed by atoms with van der Waals surface area (Å²) in [6.45, 7) is 9.28. The fourth-order valence-electron chi connectivity index (χ4n) is 2.25. The van der Waals surface area contributed by atoms with Crippen molar-refractivity contribution in [1.82, 2.24) is 15.1 Å². The predicted octanol–water partition coefficient (Wildman–Crippen LogP) is 3.19. The lowest BCUT2D eigenvalue weighted by molar-refractivity contribution is 0.572. The zero-order chi connectivity index (χ0) is 13.1. The van der Waals surface area contributed by atoms with Crippen LogP contribution < -0.4 is 5.32 Å². The van der Waals surface area contributed by atoms with Gasteiger partial charge in [0.15, 0.2) is 0 Å². The molecule has 0 fully saturated rings. The standard InChI is InChI=1S/C15H21N3/c1-5-10-16-14(11(2)3)15-12-8-6-7-9-13(12)18(4)17-15/h6-9,14,16H,2,5,10H2,1,3-4H3. The molecule has 0 saturated carbocycles. The molecule has 3 heteroatoms. The van der Waals surface area contributed by atoms with E-state index in [0.29, 0.717) is 0 Å². The van der Waals surface area contributed by atoms with Crippen molar-refractivity contribution in [2.45, 2.75) is 26.3 Å². The number of hydrogen-bond acceptors (Lipinski definition) is 2. The number of benzene rings is 1. The van der Waals surface area contributed by atoms with Crippen molar-refractivity contribution in [3.05, 3.63) is 42.1 Å². The van der Waals surface area contributed by atoms with E-state index < -0.39 is 0 Å². The minimum Gasteiger partial charge on any atom is -0.305 e. The molecule has 0 aliphatic carbocycles. The topological polar surface area (TPSA) is 29.9 Å². The predicted molar refractivity (Wildman–Crippen MR) is 76.6 cm³/mol. The molecule has 1 unspecified atom stereocenters. The van der Waals surface area contributed by atoms with E-state index in [9.17, 15) is 0 Å². The summed E-state index contributed by atoms with van der Waals surface area (Å²) in [6, 6.07) is 8.46. The lowest BCUT2D eigenvalue weighted by Gasteiger charge is -2.16. The second-order valence-corrected chi connectivity index (χ2v) is 4.76. The first-order valence-electron chi connectivity index (χ1n) is 6.45. The fraction of sp³-hybridized carbons (Fsp3) is 0.400. The van der Waals surface area contributed by atoms with Gasteiger partial charge in [-0.25, -0.2) is 0 Å². The van der Waals surface area contributed by atoms with Crippen LogP contribution in [0.15, 0.2) is 36.4 Å². The minimum atomic E-state index is 0.135. The van der Waals surface area contributed by atoms with Crippen LogP contribution in [0.1, 0.15) is 32.0 Å². The fourth-order valence-corrected chi connectivity index (χ4v) is 2.25. The van der Waals surface area contributed by atoms with E-state index in [1.165, 1.54) is 5.39 Å². The highest BCUT2D eigenvalue weighted by molar-refractivity contribution is 5.82. The maximum absolute atomic E-state index is 4.66. The summed E-state index contributed by atoms with van der Waals surface area (Å²) in [5.41, 5.74) is 3.35. The zero-order valence-corrected chi connectivity index (χ0v) is 11.4. The third-order valence-electron chi connectivity index (χ3n) is 3.15. The van der Waals surface area contributed by atoms with E-state index in [1.807, 2.05) is 17.8 Å². The third kappa shape index (κ3) is 2.31. The van der Waals surface area contributed by atoms with Gasteiger partial charge in [-0.2, -0.15) is 5.10 Å². The molecule has 3 nitrogen and oxygen atoms in total. The van der Waals surface area contributed by atoms with Crippen molar-refractivity contribution in [3.8, 4) is 0 Å². The van der Waals surface area contributed by atoms with Crippen LogP contribution in [0, 0.1) is 0 Å². The largest absolute Gasteiger partial charge is 0.305 e. The van der Waals surface area contributed by atoms with E-state index in [4.69, 9.17) is 0 Å². The summed E-state index contributed by atoms with van der Waals surface area (Å²) < 4.78 is 1.94. The normalized spacial score (nSPS) is 12.8. The molecular weight excluding hydrogens is 222 g/mol. The molecule has 0 saturated heterocycles. The Morgan fingerprint density at radius 1 is 1.44 bits per heavy atom. The number of aryl methyl sites for hydroxylation is 1. The van der Waals surface area contributed by atoms with Gasteiger partial charge in [0, 0.05) is 12.4 Å². The molecule has 1 aromatic carbocycles. The average Bonchev–Trinajstić information content (AvgIpc) is 2.68. The van der Waals surface area contributed by atoms with Gasteiger partial charge in [0.05, 0.1) is 17.3 Å². The highest BCUT2D eigenvalue weighted by atomic mass is 15.3. The molecule has 18 heavy (non-hydrogen) atoms. The van der Waals surface area contributed by atoms with Crippen LogP contribution in [0.3, 0.4) is 0 Å². The Kier molecular flexibility index (Phi) is 3.82. The smallest absolute Gasteiger partial charge is 0.0914 e. The molecule has 0 amide bonds. The summed E-state index contributed by atoms with van der Waals surface area (Å²) in [7, 11) is 1.99. The number of fused-ring (bicyclic) bond motifs is 1. The molecule has 1 aromatic heterocycles. The molecule has 0 spiro atoms. The van der Waals surface area contributed by atoms with Gasteiger partial charge >= 0.3 is 0 Å². The number of nitrogens with one attached hydrogen (secondary N) is 1. The van der Waals surface area contributed by atoms with Crippen LogP contribution >= 0.6 is 0 Å². The maximum atomic E-state index is 4.66. The summed E-state index contributed by atoms with van der Waals surface area (Å²) in [6.07, 6.45) is 1.11. The van der Waals surface area contributed by atoms with Gasteiger partial charge in [-0.15, -0.1) is 0 Å². The van der Waals surface area contributed by atoms with Gasteiger partial charge < -0.3 is 5.32 Å². The van der Waals surface area contributed by atoms with Gasteiger partial charge in [-0.1, -0.05) is 37.3 Å². The van der Waals surface area contributed by atoms with E-state index in [-0.39, 0.29) is 6.04 Å². The zero-order valence-electron chi connectivity index (χ0n) is 11.4. The minimum absolute atomic E-state index is 0.135. The van der Waals surface area contributed by atoms with Gasteiger partial charge in [0.1, 0.15) is 0 Å². The number of rotatable bonds is 5. The summed E-state index contributed by atoms with van der Waals surface area (Å²) in [5, 5.41) is 9.38. The van der Waals surface area contributed by atoms with Gasteiger partial charge in [-0.05, 0) is 26.0 Å². The van der Waals surface area contributed by atoms with Crippen molar-refractivity contribution in [2.24, 2.45) is 7.05 Å². The lowest BCUT2D eigenvalue weighted by Crippen LogP contribution is -2.23. The van der Waals surface area contributed by atoms with Gasteiger partial charge in [-0.3, -0.25) is 4.68 Å². The Labute approximate surface area is 109 Å². The van der Waals surface area contributed by atoms with E-state index in [2.05, 4.69) is 49.0 Å². The highest BCUT2D eigenvalue weighted by Gasteiger charge is 2.18. The van der Waals surface area contributed by atoms with Gasteiger partial charge in [0.2, 0.25) is 0 Å². The van der Waals surface area contributed by atoms with E-state index in [0.717, 1.165) is 29.7 Å². The third-order valence-corrected chi connectivity index (χ3v) is 3.15. The molecule has 1 N–H and O–H groups in total. The summed E-state index contributed by atoms with van der Waals surface area (Å²) in [5.74, 6) is 0. The maximum Gasteiger partial charge on any atom is 0.0914 e. The highest BCUT2D eigenvalue weighted by Crippen LogP contribution is 2.26. The molecule has 0 aliphatic rings. The molecule has 2 rings (SSSR count). The summed E-state index contributed by atoms with van der Waals surface area (Å²) >= 11 is 0. The van der Waals surface area contributed by atoms with E-state index >= 15 is 0 Å². The van der Waals surface area contributed by atoms with Crippen molar-refractivity contribution in [3.63, 3.8) is 0 Å². The Hall–Kier alpha value is -1.61. The molecule has 0 radical (unpaired) electrons. The number of hydrogen-bond donors (Lipinski definition) is 1. The van der Waals surface area contributed by atoms with Crippen LogP contribution in [0.25, 0.3) is 10.9 Å². The molecule has 96 valence electrons. The van der Waals surface area contributed by atoms with Crippen molar-refractivity contribution in [1.29, 1.82) is 0 Å². The SMILES string of the molecule is C=C(C)C(NCCC)c1nn(C)c2ccccc12. The number of para-hydroxylation sites is 1. The number of nitrogens with zero attached hydrogens (tertiary/aromatic N) is 2. The first-order valence-corrected chi connectivity index (χ1v) is 6.45. The Bertz CT molecular complexity index is 554. The number of aromatic nitrogens is 2. The molecule has 0 bridgehead atoms. The molecular formula is C15H21N3. The van der Waals surface area contributed by atoms with Crippen molar-refractivity contribution in [2.75, 3.05) is 6.54 Å². The van der Waals surface area contributed by atoms with Crippen LogP contribution in [0.2, 0.25) is 0 Å². The summed E-state index contributed by atoms with van der Waals surface area (Å²) in [4.78, 5) is 0. The first-order chi connectivity index (χ1) is 8.65. The Morgan fingerprint density at radius 3 is 2.83 bits per heavy atom. The molecule has 0 aliphatic heterocycles. The van der Waals surface area contributed by atoms with Crippen LogP contribution in [-0.2, 0) is 7.05 Å². The van der Waals surface area contributed by atoms with Crippen LogP contribution in [-0.4, -0.2) is 16.3 Å². The van der Waals surface area contributed by atoms with Crippen LogP contribution in [0.4, 0.5) is 0 Å². The monoisotopic (exact) mass is 243 g/mol. The molecule has 1 heterocycles. The van der Waals surface area contributed by atoms with Gasteiger partial charge in [0.25, 0.3) is 0 Å². The van der Waals surface area contributed by atoms with Crippen LogP contribution in [0.5, 0.6) is 0 Å². The van der Waals surface area contributed by atoms with E-state index in [1.54, 1.807) is 0 Å². The second kappa shape index (κ2) is 5.36.